The molecule has 0 aliphatic rings. The van der Waals surface area contributed by atoms with Gasteiger partial charge in [0.2, 0.25) is 0 Å². The smallest absolute Gasteiger partial charge is 0.327 e. The zero-order valence-corrected chi connectivity index (χ0v) is 20.6. The lowest BCUT2D eigenvalue weighted by molar-refractivity contribution is -0.138. The summed E-state index contributed by atoms with van der Waals surface area (Å²) in [5, 5.41) is 0. The molecular formula is C18H21Br3O6. The van der Waals surface area contributed by atoms with Crippen molar-refractivity contribution < 1.29 is 28.6 Å². The quantitative estimate of drug-likeness (QED) is 0.273. The third-order valence-electron chi connectivity index (χ3n) is 2.99. The van der Waals surface area contributed by atoms with E-state index in [1.54, 1.807) is 41.5 Å². The first-order valence-electron chi connectivity index (χ1n) is 7.89. The van der Waals surface area contributed by atoms with E-state index in [-0.39, 0.29) is 17.2 Å². The van der Waals surface area contributed by atoms with Crippen LogP contribution in [0.3, 0.4) is 0 Å². The second kappa shape index (κ2) is 8.61. The Morgan fingerprint density at radius 1 is 0.667 bits per heavy atom. The molecule has 6 nitrogen and oxygen atoms in total. The van der Waals surface area contributed by atoms with E-state index >= 15 is 0 Å². The van der Waals surface area contributed by atoms with Gasteiger partial charge in [-0.1, -0.05) is 47.8 Å². The standard InChI is InChI=1S/C18H21Br3O6/c1-16(2,19)13(22)25-10-7-8-11(26-14(23)17(3,4)20)12(9-10)27-15(24)18(5,6)21/h7-9H,1-6H3. The fourth-order valence-electron chi connectivity index (χ4n) is 1.39. The third kappa shape index (κ3) is 7.54. The second-order valence-electron chi connectivity index (χ2n) is 7.19. The van der Waals surface area contributed by atoms with Gasteiger partial charge in [0.1, 0.15) is 18.7 Å². The molecule has 27 heavy (non-hydrogen) atoms. The molecule has 150 valence electrons. The maximum Gasteiger partial charge on any atom is 0.327 e. The van der Waals surface area contributed by atoms with Crippen molar-refractivity contribution in [2.75, 3.05) is 0 Å². The van der Waals surface area contributed by atoms with Crippen LogP contribution in [0, 0.1) is 0 Å². The van der Waals surface area contributed by atoms with Gasteiger partial charge in [-0.05, 0) is 53.7 Å². The van der Waals surface area contributed by atoms with Crippen LogP contribution in [-0.2, 0) is 14.4 Å². The van der Waals surface area contributed by atoms with E-state index in [2.05, 4.69) is 47.8 Å². The number of hydrogen-bond donors (Lipinski definition) is 0. The lowest BCUT2D eigenvalue weighted by Crippen LogP contribution is -2.31. The van der Waals surface area contributed by atoms with Crippen LogP contribution < -0.4 is 14.2 Å². The zero-order chi connectivity index (χ0) is 21.2. The molecule has 0 atom stereocenters. The summed E-state index contributed by atoms with van der Waals surface area (Å²) in [6.07, 6.45) is 0. The molecule has 9 heteroatoms. The van der Waals surface area contributed by atoms with Crippen LogP contribution in [0.1, 0.15) is 41.5 Å². The minimum absolute atomic E-state index is 0.0236. The summed E-state index contributed by atoms with van der Waals surface area (Å²) in [5.41, 5.74) is 0. The van der Waals surface area contributed by atoms with Crippen molar-refractivity contribution in [2.24, 2.45) is 0 Å². The maximum absolute atomic E-state index is 12.2. The summed E-state index contributed by atoms with van der Waals surface area (Å²) in [7, 11) is 0. The number of benzene rings is 1. The predicted octanol–water partition coefficient (Wildman–Crippen LogP) is 4.92. The number of ether oxygens (including phenoxy) is 3. The summed E-state index contributed by atoms with van der Waals surface area (Å²) < 4.78 is 13.2. The van der Waals surface area contributed by atoms with Crippen LogP contribution in [0.25, 0.3) is 0 Å². The summed E-state index contributed by atoms with van der Waals surface area (Å²) in [6.45, 7) is 9.74. The Hall–Kier alpha value is -0.930. The number of alkyl halides is 3. The van der Waals surface area contributed by atoms with E-state index < -0.39 is 30.9 Å². The van der Waals surface area contributed by atoms with Gasteiger partial charge in [0.15, 0.2) is 11.5 Å². The average molecular weight is 573 g/mol. The molecule has 1 aromatic rings. The third-order valence-corrected chi connectivity index (χ3v) is 3.96. The minimum Gasteiger partial charge on any atom is -0.425 e. The van der Waals surface area contributed by atoms with Gasteiger partial charge >= 0.3 is 17.9 Å². The van der Waals surface area contributed by atoms with Gasteiger partial charge in [0.05, 0.1) is 0 Å². The molecule has 0 unspecified atom stereocenters. The van der Waals surface area contributed by atoms with Crippen molar-refractivity contribution in [1.82, 2.24) is 0 Å². The molecule has 0 fully saturated rings. The highest BCUT2D eigenvalue weighted by Gasteiger charge is 2.31. The van der Waals surface area contributed by atoms with Gasteiger partial charge in [-0.15, -0.1) is 0 Å². The summed E-state index contributed by atoms with van der Waals surface area (Å²) >= 11 is 9.64. The molecule has 0 aliphatic heterocycles. The lowest BCUT2D eigenvalue weighted by Gasteiger charge is -2.20. The molecule has 0 spiro atoms. The maximum atomic E-state index is 12.2. The van der Waals surface area contributed by atoms with Crippen molar-refractivity contribution in [3.63, 3.8) is 0 Å². The number of hydrogen-bond acceptors (Lipinski definition) is 6. The molecule has 1 rings (SSSR count). The molecule has 0 radical (unpaired) electrons. The van der Waals surface area contributed by atoms with E-state index in [0.717, 1.165) is 0 Å². The monoisotopic (exact) mass is 570 g/mol. The Morgan fingerprint density at radius 3 is 1.44 bits per heavy atom. The van der Waals surface area contributed by atoms with E-state index in [4.69, 9.17) is 14.2 Å². The molecule has 0 aromatic heterocycles. The Kier molecular flexibility index (Phi) is 7.69. The normalized spacial score (nSPS) is 12.3. The van der Waals surface area contributed by atoms with Crippen LogP contribution in [0.2, 0.25) is 0 Å². The van der Waals surface area contributed by atoms with E-state index in [9.17, 15) is 14.4 Å². The van der Waals surface area contributed by atoms with Crippen molar-refractivity contribution in [3.8, 4) is 17.2 Å². The van der Waals surface area contributed by atoms with Gasteiger partial charge in [-0.3, -0.25) is 14.4 Å². The molecule has 0 saturated heterocycles. The topological polar surface area (TPSA) is 78.9 Å². The molecular weight excluding hydrogens is 552 g/mol. The van der Waals surface area contributed by atoms with Gasteiger partial charge in [0.25, 0.3) is 0 Å². The molecule has 0 aliphatic carbocycles. The van der Waals surface area contributed by atoms with Crippen molar-refractivity contribution >= 4 is 65.7 Å². The SMILES string of the molecule is CC(C)(Br)C(=O)Oc1ccc(OC(=O)C(C)(C)Br)c(OC(=O)C(C)(C)Br)c1. The molecule has 0 bridgehead atoms. The fraction of sp³-hybridized carbons (Fsp3) is 0.500. The number of esters is 3. The first kappa shape index (κ1) is 24.1. The van der Waals surface area contributed by atoms with Crippen molar-refractivity contribution in [1.29, 1.82) is 0 Å². The van der Waals surface area contributed by atoms with E-state index in [0.29, 0.717) is 0 Å². The van der Waals surface area contributed by atoms with Crippen LogP contribution in [-0.4, -0.2) is 30.9 Å². The Labute approximate surface area is 183 Å². The Balaban J connectivity index is 3.24. The van der Waals surface area contributed by atoms with Gasteiger partial charge < -0.3 is 14.2 Å². The van der Waals surface area contributed by atoms with Crippen molar-refractivity contribution in [2.45, 2.75) is 54.5 Å². The average Bonchev–Trinajstić information content (AvgIpc) is 2.46. The Morgan fingerprint density at radius 2 is 1.04 bits per heavy atom. The summed E-state index contributed by atoms with van der Waals surface area (Å²) in [4.78, 5) is 36.4. The molecule has 0 heterocycles. The number of halogens is 3. The Bertz CT molecular complexity index is 739. The van der Waals surface area contributed by atoms with Gasteiger partial charge in [-0.25, -0.2) is 0 Å². The molecule has 1 aromatic carbocycles. The molecule has 0 saturated carbocycles. The van der Waals surface area contributed by atoms with Gasteiger partial charge in [-0.2, -0.15) is 0 Å². The lowest BCUT2D eigenvalue weighted by atomic mass is 10.2. The van der Waals surface area contributed by atoms with Crippen LogP contribution in [0.4, 0.5) is 0 Å². The van der Waals surface area contributed by atoms with Crippen molar-refractivity contribution in [3.05, 3.63) is 18.2 Å². The highest BCUT2D eigenvalue weighted by molar-refractivity contribution is 9.10. The highest BCUT2D eigenvalue weighted by atomic mass is 79.9. The van der Waals surface area contributed by atoms with Crippen LogP contribution in [0.15, 0.2) is 18.2 Å². The fourth-order valence-corrected chi connectivity index (χ4v) is 1.63. The molecule has 0 N–H and O–H groups in total. The predicted molar refractivity (Wildman–Crippen MR) is 112 cm³/mol. The van der Waals surface area contributed by atoms with E-state index in [1.807, 2.05) is 0 Å². The summed E-state index contributed by atoms with van der Waals surface area (Å²) in [6, 6.07) is 4.15. The first-order valence-corrected chi connectivity index (χ1v) is 10.3. The van der Waals surface area contributed by atoms with Gasteiger partial charge in [0, 0.05) is 6.07 Å². The largest absolute Gasteiger partial charge is 0.425 e. The van der Waals surface area contributed by atoms with Crippen LogP contribution >= 0.6 is 47.8 Å². The number of rotatable bonds is 6. The first-order chi connectivity index (χ1) is 12.0. The van der Waals surface area contributed by atoms with Crippen LogP contribution in [0.5, 0.6) is 17.2 Å². The summed E-state index contributed by atoms with van der Waals surface area (Å²) in [5.74, 6) is -1.61. The number of carbonyl (C=O) groups is 3. The zero-order valence-electron chi connectivity index (χ0n) is 15.8. The minimum atomic E-state index is -0.965. The second-order valence-corrected chi connectivity index (χ2v) is 13.1. The highest BCUT2D eigenvalue weighted by Crippen LogP contribution is 2.35. The van der Waals surface area contributed by atoms with E-state index in [1.165, 1.54) is 18.2 Å². The number of carbonyl (C=O) groups excluding carboxylic acids is 3. The molecule has 0 amide bonds.